The first-order valence-corrected chi connectivity index (χ1v) is 8.80. The molecule has 0 unspecified atom stereocenters. The van der Waals surface area contributed by atoms with Gasteiger partial charge >= 0.3 is 5.97 Å². The minimum absolute atomic E-state index is 0.0822. The van der Waals surface area contributed by atoms with E-state index in [1.165, 1.54) is 6.07 Å². The van der Waals surface area contributed by atoms with Crippen molar-refractivity contribution < 1.29 is 9.90 Å². The Morgan fingerprint density at radius 1 is 1.07 bits per heavy atom. The number of carbonyl (C=O) groups is 1. The van der Waals surface area contributed by atoms with E-state index in [4.69, 9.17) is 9.97 Å². The van der Waals surface area contributed by atoms with Gasteiger partial charge in [0.1, 0.15) is 16.9 Å². The van der Waals surface area contributed by atoms with E-state index < -0.39 is 5.97 Å². The lowest BCUT2D eigenvalue weighted by Crippen LogP contribution is -2.27. The van der Waals surface area contributed by atoms with Gasteiger partial charge in [0, 0.05) is 18.7 Å². The lowest BCUT2D eigenvalue weighted by atomic mass is 10.0. The van der Waals surface area contributed by atoms with Crippen LogP contribution in [0.1, 0.15) is 24.3 Å². The van der Waals surface area contributed by atoms with Crippen LogP contribution in [0.5, 0.6) is 0 Å². The Morgan fingerprint density at radius 3 is 2.52 bits per heavy atom. The van der Waals surface area contributed by atoms with Gasteiger partial charge in [-0.3, -0.25) is 0 Å². The van der Waals surface area contributed by atoms with Gasteiger partial charge in [-0.1, -0.05) is 36.4 Å². The van der Waals surface area contributed by atoms with Crippen molar-refractivity contribution in [2.75, 3.05) is 11.9 Å². The molecule has 4 rings (SSSR count). The molecule has 0 saturated carbocycles. The highest BCUT2D eigenvalue weighted by Crippen LogP contribution is 2.32. The molecule has 0 fully saturated rings. The zero-order valence-corrected chi connectivity index (χ0v) is 15.4. The number of carboxylic acids is 1. The number of aromatic nitrogens is 3. The van der Waals surface area contributed by atoms with E-state index in [0.717, 1.165) is 22.0 Å². The molecule has 0 aliphatic heterocycles. The molecular formula is C21H20N4O2. The van der Waals surface area contributed by atoms with E-state index in [-0.39, 0.29) is 11.7 Å². The molecule has 136 valence electrons. The number of hydrogen-bond acceptors (Lipinski definition) is 4. The van der Waals surface area contributed by atoms with Gasteiger partial charge in [-0.25, -0.2) is 14.8 Å². The number of rotatable bonds is 4. The number of nitrogens with one attached hydrogen (secondary N) is 1. The Hall–Kier alpha value is -3.41. The fourth-order valence-electron chi connectivity index (χ4n) is 3.07. The Balaban J connectivity index is 1.97. The van der Waals surface area contributed by atoms with Crippen molar-refractivity contribution in [3.8, 4) is 11.3 Å². The number of benzene rings is 2. The van der Waals surface area contributed by atoms with Crippen LogP contribution in [0.4, 0.5) is 5.82 Å². The lowest BCUT2D eigenvalue weighted by Gasteiger charge is -2.24. The van der Waals surface area contributed by atoms with Crippen LogP contribution in [0.3, 0.4) is 0 Å². The number of anilines is 1. The maximum absolute atomic E-state index is 11.3. The van der Waals surface area contributed by atoms with Crippen molar-refractivity contribution in [2.45, 2.75) is 19.9 Å². The molecule has 0 bridgehead atoms. The molecule has 27 heavy (non-hydrogen) atoms. The third-order valence-electron chi connectivity index (χ3n) is 4.80. The minimum Gasteiger partial charge on any atom is -0.477 e. The molecule has 6 nitrogen and oxygen atoms in total. The van der Waals surface area contributed by atoms with Crippen molar-refractivity contribution in [3.05, 3.63) is 54.2 Å². The molecule has 2 N–H and O–H groups in total. The second kappa shape index (κ2) is 6.39. The van der Waals surface area contributed by atoms with Crippen LogP contribution in [0.25, 0.3) is 33.2 Å². The highest BCUT2D eigenvalue weighted by molar-refractivity contribution is 5.94. The molecule has 0 amide bonds. The molecular weight excluding hydrogens is 340 g/mol. The summed E-state index contributed by atoms with van der Waals surface area (Å²) in [5, 5.41) is 11.5. The Morgan fingerprint density at radius 2 is 1.81 bits per heavy atom. The van der Waals surface area contributed by atoms with Crippen molar-refractivity contribution >= 4 is 33.7 Å². The minimum atomic E-state index is -1.03. The normalized spacial score (nSPS) is 11.4. The molecule has 0 atom stereocenters. The van der Waals surface area contributed by atoms with Crippen LogP contribution < -0.4 is 4.90 Å². The predicted molar refractivity (Wildman–Crippen MR) is 107 cm³/mol. The van der Waals surface area contributed by atoms with Crippen LogP contribution in [0, 0.1) is 0 Å². The van der Waals surface area contributed by atoms with Gasteiger partial charge in [0.05, 0.1) is 0 Å². The molecule has 6 heteroatoms. The summed E-state index contributed by atoms with van der Waals surface area (Å²) in [5.41, 5.74) is 2.78. The number of fused-ring (bicyclic) bond motifs is 2. The molecule has 0 aliphatic rings. The highest BCUT2D eigenvalue weighted by Gasteiger charge is 2.19. The Kier molecular flexibility index (Phi) is 4.03. The van der Waals surface area contributed by atoms with Gasteiger partial charge in [0.25, 0.3) is 0 Å². The van der Waals surface area contributed by atoms with Gasteiger partial charge in [-0.2, -0.15) is 0 Å². The molecule has 2 aromatic heterocycles. The largest absolute Gasteiger partial charge is 0.477 e. The van der Waals surface area contributed by atoms with E-state index in [0.29, 0.717) is 17.0 Å². The number of aromatic carboxylic acids is 1. The maximum atomic E-state index is 11.3. The summed E-state index contributed by atoms with van der Waals surface area (Å²) in [7, 11) is 1.96. The molecule has 0 aliphatic carbocycles. The van der Waals surface area contributed by atoms with Crippen LogP contribution in [0.2, 0.25) is 0 Å². The number of aromatic amines is 1. The van der Waals surface area contributed by atoms with Gasteiger partial charge in [0.15, 0.2) is 11.5 Å². The van der Waals surface area contributed by atoms with Gasteiger partial charge < -0.3 is 15.0 Å². The lowest BCUT2D eigenvalue weighted by molar-refractivity contribution is 0.0691. The summed E-state index contributed by atoms with van der Waals surface area (Å²) < 4.78 is 0. The number of hydrogen-bond donors (Lipinski definition) is 2. The van der Waals surface area contributed by atoms with Gasteiger partial charge in [0.2, 0.25) is 0 Å². The second-order valence-electron chi connectivity index (χ2n) is 6.88. The Bertz CT molecular complexity index is 1160. The summed E-state index contributed by atoms with van der Waals surface area (Å²) >= 11 is 0. The van der Waals surface area contributed by atoms with Crippen LogP contribution >= 0.6 is 0 Å². The zero-order valence-electron chi connectivity index (χ0n) is 15.4. The van der Waals surface area contributed by atoms with Crippen LogP contribution in [-0.4, -0.2) is 39.1 Å². The topological polar surface area (TPSA) is 82.1 Å². The number of H-pyrrole nitrogens is 1. The third kappa shape index (κ3) is 2.99. The third-order valence-corrected chi connectivity index (χ3v) is 4.80. The summed E-state index contributed by atoms with van der Waals surface area (Å²) in [6.07, 6.45) is 0. The monoisotopic (exact) mass is 360 g/mol. The molecule has 0 spiro atoms. The molecule has 0 saturated heterocycles. The molecule has 4 aromatic rings. The zero-order chi connectivity index (χ0) is 19.1. The quantitative estimate of drug-likeness (QED) is 0.566. The maximum Gasteiger partial charge on any atom is 0.352 e. The fraction of sp³-hybridized carbons (Fsp3) is 0.190. The summed E-state index contributed by atoms with van der Waals surface area (Å²) in [4.78, 5) is 25.6. The molecule has 0 radical (unpaired) electrons. The smallest absolute Gasteiger partial charge is 0.352 e. The Labute approximate surface area is 156 Å². The predicted octanol–water partition coefficient (Wildman–Crippen LogP) is 4.32. The van der Waals surface area contributed by atoms with E-state index in [1.807, 2.05) is 30.1 Å². The van der Waals surface area contributed by atoms with E-state index in [2.05, 4.69) is 43.1 Å². The first kappa shape index (κ1) is 17.0. The summed E-state index contributed by atoms with van der Waals surface area (Å²) in [6, 6.07) is 16.1. The molecule has 2 aromatic carbocycles. The first-order valence-electron chi connectivity index (χ1n) is 8.80. The van der Waals surface area contributed by atoms with E-state index >= 15 is 0 Å². The van der Waals surface area contributed by atoms with Crippen molar-refractivity contribution in [1.29, 1.82) is 0 Å². The SMILES string of the molecule is CC(C)N(C)c1nc2[nH]c(C(=O)O)cc2nc1-c1ccc2ccccc2c1. The van der Waals surface area contributed by atoms with E-state index in [9.17, 15) is 9.90 Å². The second-order valence-corrected chi connectivity index (χ2v) is 6.88. The highest BCUT2D eigenvalue weighted by atomic mass is 16.4. The van der Waals surface area contributed by atoms with Crippen LogP contribution in [0.15, 0.2) is 48.5 Å². The van der Waals surface area contributed by atoms with Crippen LogP contribution in [-0.2, 0) is 0 Å². The van der Waals surface area contributed by atoms with Crippen molar-refractivity contribution in [3.63, 3.8) is 0 Å². The van der Waals surface area contributed by atoms with Gasteiger partial charge in [-0.15, -0.1) is 0 Å². The van der Waals surface area contributed by atoms with Crippen molar-refractivity contribution in [1.82, 2.24) is 15.0 Å². The average Bonchev–Trinajstić information content (AvgIpc) is 3.09. The summed E-state index contributed by atoms with van der Waals surface area (Å²) in [6.45, 7) is 4.15. The summed E-state index contributed by atoms with van der Waals surface area (Å²) in [5.74, 6) is -0.313. The van der Waals surface area contributed by atoms with Gasteiger partial charge in [-0.05, 0) is 36.8 Å². The van der Waals surface area contributed by atoms with Crippen molar-refractivity contribution in [2.24, 2.45) is 0 Å². The number of carboxylic acid groups (broad SMARTS) is 1. The fourth-order valence-corrected chi connectivity index (χ4v) is 3.07. The average molecular weight is 360 g/mol. The standard InChI is InChI=1S/C21H20N4O2/c1-12(2)25(3)20-18(15-9-8-13-6-4-5-7-14(13)10-15)22-16-11-17(21(26)27)23-19(16)24-20/h4-12H,1-3H3,(H,23,24)(H,26,27). The molecule has 2 heterocycles. The van der Waals surface area contributed by atoms with E-state index in [1.54, 1.807) is 0 Å². The number of nitrogens with zero attached hydrogens (tertiary/aromatic N) is 3. The first-order chi connectivity index (χ1) is 12.9.